The number of amides is 1. The number of nitrogens with one attached hydrogen (secondary N) is 1. The molecule has 0 aromatic heterocycles. The number of carbonyl (C=O) groups excluding carboxylic acids is 1. The summed E-state index contributed by atoms with van der Waals surface area (Å²) in [5.41, 5.74) is 6.34. The molecule has 1 aliphatic carbocycles. The van der Waals surface area contributed by atoms with Crippen LogP contribution in [0.15, 0.2) is 65.3 Å². The summed E-state index contributed by atoms with van der Waals surface area (Å²) in [6.07, 6.45) is 16.7. The lowest BCUT2D eigenvalue weighted by molar-refractivity contribution is 0.0953. The standard InChI is InChI=1S/C27H37NO/c1-6-7-20-28-26(29)24-16-14-23(15-17-24)12-8-10-21(2)13-18-25-22(3)11-9-19-27(25,4)5/h8,10,12-18H,6-7,9,11,19-20H2,1-5H3,(H,28,29). The summed E-state index contributed by atoms with van der Waals surface area (Å²) in [6.45, 7) is 12.0. The molecule has 0 saturated heterocycles. The predicted molar refractivity (Wildman–Crippen MR) is 126 cm³/mol. The summed E-state index contributed by atoms with van der Waals surface area (Å²) >= 11 is 0. The van der Waals surface area contributed by atoms with E-state index < -0.39 is 0 Å². The van der Waals surface area contributed by atoms with E-state index in [0.717, 1.165) is 24.9 Å². The lowest BCUT2D eigenvalue weighted by atomic mass is 9.72. The Morgan fingerprint density at radius 1 is 1.17 bits per heavy atom. The molecule has 1 aliphatic rings. The van der Waals surface area contributed by atoms with Crippen LogP contribution in [0.2, 0.25) is 0 Å². The summed E-state index contributed by atoms with van der Waals surface area (Å²) in [5, 5.41) is 2.95. The zero-order valence-electron chi connectivity index (χ0n) is 18.8. The molecule has 0 unspecified atom stereocenters. The van der Waals surface area contributed by atoms with Crippen LogP contribution in [0, 0.1) is 5.41 Å². The third-order valence-corrected chi connectivity index (χ3v) is 5.69. The molecule has 1 amide bonds. The normalized spacial score (nSPS) is 17.3. The van der Waals surface area contributed by atoms with Crippen molar-refractivity contribution in [1.82, 2.24) is 5.32 Å². The van der Waals surface area contributed by atoms with Crippen LogP contribution in [0.5, 0.6) is 0 Å². The number of unbranched alkanes of at least 4 members (excludes halogenated alkanes) is 1. The average molecular weight is 392 g/mol. The van der Waals surface area contributed by atoms with Crippen LogP contribution in [-0.2, 0) is 0 Å². The van der Waals surface area contributed by atoms with Crippen molar-refractivity contribution in [2.24, 2.45) is 5.41 Å². The molecule has 0 heterocycles. The van der Waals surface area contributed by atoms with Crippen LogP contribution < -0.4 is 5.32 Å². The van der Waals surface area contributed by atoms with Crippen LogP contribution in [0.1, 0.15) is 82.6 Å². The SMILES string of the molecule is CCCCNC(=O)c1ccc(C=CC=C(C)C=CC2=C(C)CCCC2(C)C)cc1. The molecule has 0 saturated carbocycles. The third-order valence-electron chi connectivity index (χ3n) is 5.69. The second-order valence-corrected chi connectivity index (χ2v) is 8.77. The first kappa shape index (κ1) is 22.9. The summed E-state index contributed by atoms with van der Waals surface area (Å²) in [7, 11) is 0. The molecule has 0 aliphatic heterocycles. The summed E-state index contributed by atoms with van der Waals surface area (Å²) in [4.78, 5) is 12.1. The van der Waals surface area contributed by atoms with Gasteiger partial charge in [-0.15, -0.1) is 0 Å². The highest BCUT2D eigenvalue weighted by molar-refractivity contribution is 5.94. The lowest BCUT2D eigenvalue weighted by Gasteiger charge is -2.32. The molecular formula is C27H37NO. The predicted octanol–water partition coefficient (Wildman–Crippen LogP) is 7.26. The van der Waals surface area contributed by atoms with E-state index in [2.05, 4.69) is 70.3 Å². The Labute approximate surface area is 177 Å². The van der Waals surface area contributed by atoms with Crippen LogP contribution in [-0.4, -0.2) is 12.5 Å². The number of carbonyl (C=O) groups is 1. The number of rotatable bonds is 8. The molecule has 0 spiro atoms. The van der Waals surface area contributed by atoms with Crippen LogP contribution in [0.4, 0.5) is 0 Å². The average Bonchev–Trinajstić information content (AvgIpc) is 2.67. The molecule has 156 valence electrons. The topological polar surface area (TPSA) is 29.1 Å². The quantitative estimate of drug-likeness (QED) is 0.367. The van der Waals surface area contributed by atoms with E-state index in [1.54, 1.807) is 0 Å². The molecule has 1 aromatic rings. The van der Waals surface area contributed by atoms with Crippen molar-refractivity contribution in [2.45, 2.75) is 66.7 Å². The van der Waals surface area contributed by atoms with Crippen molar-refractivity contribution in [3.8, 4) is 0 Å². The van der Waals surface area contributed by atoms with Crippen molar-refractivity contribution in [3.63, 3.8) is 0 Å². The Morgan fingerprint density at radius 2 is 1.90 bits per heavy atom. The van der Waals surface area contributed by atoms with Gasteiger partial charge in [-0.2, -0.15) is 0 Å². The fourth-order valence-electron chi connectivity index (χ4n) is 3.82. The lowest BCUT2D eigenvalue weighted by Crippen LogP contribution is -2.24. The van der Waals surface area contributed by atoms with E-state index in [1.165, 1.54) is 36.0 Å². The largest absolute Gasteiger partial charge is 0.352 e. The smallest absolute Gasteiger partial charge is 0.251 e. The van der Waals surface area contributed by atoms with Gasteiger partial charge in [0, 0.05) is 12.1 Å². The van der Waals surface area contributed by atoms with Crippen molar-refractivity contribution < 1.29 is 4.79 Å². The molecule has 1 N–H and O–H groups in total. The maximum Gasteiger partial charge on any atom is 0.251 e. The summed E-state index contributed by atoms with van der Waals surface area (Å²) < 4.78 is 0. The van der Waals surface area contributed by atoms with Crippen LogP contribution in [0.25, 0.3) is 6.08 Å². The van der Waals surface area contributed by atoms with Gasteiger partial charge in [0.05, 0.1) is 0 Å². The first-order valence-electron chi connectivity index (χ1n) is 10.9. The molecular weight excluding hydrogens is 354 g/mol. The van der Waals surface area contributed by atoms with Crippen LogP contribution >= 0.6 is 0 Å². The zero-order chi connectivity index (χ0) is 21.3. The molecule has 2 rings (SSSR count). The van der Waals surface area contributed by atoms with E-state index in [0.29, 0.717) is 5.56 Å². The van der Waals surface area contributed by atoms with Crippen molar-refractivity contribution in [2.75, 3.05) is 6.54 Å². The number of allylic oxidation sites excluding steroid dienone is 7. The number of benzene rings is 1. The molecule has 0 fully saturated rings. The van der Waals surface area contributed by atoms with E-state index >= 15 is 0 Å². The maximum absolute atomic E-state index is 12.1. The van der Waals surface area contributed by atoms with Gasteiger partial charge in [0.15, 0.2) is 0 Å². The van der Waals surface area contributed by atoms with Gasteiger partial charge >= 0.3 is 0 Å². The third kappa shape index (κ3) is 7.20. The van der Waals surface area contributed by atoms with Crippen molar-refractivity contribution >= 4 is 12.0 Å². The molecule has 2 heteroatoms. The molecule has 0 bridgehead atoms. The molecule has 0 radical (unpaired) electrons. The van der Waals surface area contributed by atoms with Crippen LogP contribution in [0.3, 0.4) is 0 Å². The summed E-state index contributed by atoms with van der Waals surface area (Å²) in [5.74, 6) is 0.00471. The fraction of sp³-hybridized carbons (Fsp3) is 0.444. The molecule has 0 atom stereocenters. The van der Waals surface area contributed by atoms with Gasteiger partial charge in [-0.05, 0) is 68.2 Å². The van der Waals surface area contributed by atoms with E-state index in [1.807, 2.05) is 24.3 Å². The molecule has 2 nitrogen and oxygen atoms in total. The first-order chi connectivity index (χ1) is 13.8. The Hall–Kier alpha value is -2.35. The second-order valence-electron chi connectivity index (χ2n) is 8.77. The highest BCUT2D eigenvalue weighted by Gasteiger charge is 2.26. The Kier molecular flexibility index (Phi) is 8.70. The fourth-order valence-corrected chi connectivity index (χ4v) is 3.82. The van der Waals surface area contributed by atoms with E-state index in [9.17, 15) is 4.79 Å². The highest BCUT2D eigenvalue weighted by atomic mass is 16.1. The van der Waals surface area contributed by atoms with Crippen molar-refractivity contribution in [1.29, 1.82) is 0 Å². The maximum atomic E-state index is 12.1. The Bertz CT molecular complexity index is 803. The van der Waals surface area contributed by atoms with E-state index in [-0.39, 0.29) is 11.3 Å². The number of hydrogen-bond donors (Lipinski definition) is 1. The van der Waals surface area contributed by atoms with Crippen molar-refractivity contribution in [3.05, 3.63) is 76.4 Å². The molecule has 1 aromatic carbocycles. The minimum absolute atomic E-state index is 0.00471. The van der Waals surface area contributed by atoms with E-state index in [4.69, 9.17) is 0 Å². The number of hydrogen-bond acceptors (Lipinski definition) is 1. The van der Waals surface area contributed by atoms with Gasteiger partial charge in [-0.3, -0.25) is 4.79 Å². The highest BCUT2D eigenvalue weighted by Crippen LogP contribution is 2.40. The Morgan fingerprint density at radius 3 is 2.55 bits per heavy atom. The second kappa shape index (κ2) is 11.0. The van der Waals surface area contributed by atoms with Gasteiger partial charge in [-0.25, -0.2) is 0 Å². The monoisotopic (exact) mass is 391 g/mol. The zero-order valence-corrected chi connectivity index (χ0v) is 18.8. The minimum atomic E-state index is 0.00471. The minimum Gasteiger partial charge on any atom is -0.352 e. The Balaban J connectivity index is 1.96. The van der Waals surface area contributed by atoms with Gasteiger partial charge in [0.1, 0.15) is 0 Å². The van der Waals surface area contributed by atoms with Gasteiger partial charge < -0.3 is 5.32 Å². The van der Waals surface area contributed by atoms with Gasteiger partial charge in [0.2, 0.25) is 0 Å². The first-order valence-corrected chi connectivity index (χ1v) is 10.9. The van der Waals surface area contributed by atoms with Gasteiger partial charge in [-0.1, -0.05) is 80.9 Å². The molecule has 29 heavy (non-hydrogen) atoms. The summed E-state index contributed by atoms with van der Waals surface area (Å²) in [6, 6.07) is 7.75. The van der Waals surface area contributed by atoms with Gasteiger partial charge in [0.25, 0.3) is 5.91 Å².